The van der Waals surface area contributed by atoms with Crippen LogP contribution in [0.2, 0.25) is 0 Å². The quantitative estimate of drug-likeness (QED) is 0.649. The summed E-state index contributed by atoms with van der Waals surface area (Å²) in [5.41, 5.74) is 2.21. The highest BCUT2D eigenvalue weighted by atomic mass is 79.9. The number of imidazole rings is 1. The van der Waals surface area contributed by atoms with Crippen molar-refractivity contribution in [1.29, 1.82) is 0 Å². The minimum Gasteiger partial charge on any atom is -0.350 e. The second kappa shape index (κ2) is 6.23. The first kappa shape index (κ1) is 14.0. The van der Waals surface area contributed by atoms with Gasteiger partial charge >= 0.3 is 0 Å². The monoisotopic (exact) mass is 365 g/mol. The van der Waals surface area contributed by atoms with Gasteiger partial charge in [0.15, 0.2) is 5.69 Å². The van der Waals surface area contributed by atoms with Gasteiger partial charge in [0.25, 0.3) is 5.91 Å². The van der Waals surface area contributed by atoms with Gasteiger partial charge in [-0.25, -0.2) is 4.98 Å². The second-order valence-corrected chi connectivity index (χ2v) is 6.82. The van der Waals surface area contributed by atoms with E-state index in [9.17, 15) is 4.79 Å². The van der Waals surface area contributed by atoms with E-state index in [0.717, 1.165) is 20.1 Å². The molecular weight excluding hydrogens is 354 g/mol. The molecule has 3 N–H and O–H groups in total. The number of halogens is 1. The summed E-state index contributed by atoms with van der Waals surface area (Å²) in [6.45, 7) is 0.535. The van der Waals surface area contributed by atoms with Crippen molar-refractivity contribution in [3.63, 3.8) is 0 Å². The van der Waals surface area contributed by atoms with Crippen LogP contribution in [0.3, 0.4) is 0 Å². The normalized spacial score (nSPS) is 10.7. The molecule has 108 valence electrons. The molecule has 0 aliphatic carbocycles. The largest absolute Gasteiger partial charge is 0.350 e. The number of carbonyl (C=O) groups is 1. The number of H-pyrrole nitrogens is 2. The Kier molecular flexibility index (Phi) is 4.16. The molecule has 21 heavy (non-hydrogen) atoms. The average Bonchev–Trinajstić information content (AvgIpc) is 3.19. The summed E-state index contributed by atoms with van der Waals surface area (Å²) in [5, 5.41) is 9.77. The first-order valence-corrected chi connectivity index (χ1v) is 7.90. The van der Waals surface area contributed by atoms with Gasteiger partial charge in [0, 0.05) is 24.9 Å². The highest BCUT2D eigenvalue weighted by Gasteiger charge is 2.12. The number of thiophene rings is 1. The number of rotatable bonds is 5. The number of nitrogens with zero attached hydrogens (tertiary/aromatic N) is 2. The van der Waals surface area contributed by atoms with Crippen LogP contribution in [0.4, 0.5) is 0 Å². The summed E-state index contributed by atoms with van der Waals surface area (Å²) < 4.78 is 1.04. The molecule has 8 heteroatoms. The fourth-order valence-corrected chi connectivity index (χ4v) is 3.20. The van der Waals surface area contributed by atoms with Crippen LogP contribution in [0.25, 0.3) is 10.6 Å². The maximum atomic E-state index is 12.0. The second-order valence-electron chi connectivity index (χ2n) is 4.35. The van der Waals surface area contributed by atoms with Gasteiger partial charge in [-0.15, -0.1) is 11.3 Å². The van der Waals surface area contributed by atoms with Crippen LogP contribution in [0, 0.1) is 0 Å². The summed E-state index contributed by atoms with van der Waals surface area (Å²) in [6.07, 6.45) is 4.07. The Labute approximate surface area is 133 Å². The predicted molar refractivity (Wildman–Crippen MR) is 84.2 cm³/mol. The lowest BCUT2D eigenvalue weighted by molar-refractivity contribution is 0.0949. The molecule has 0 aliphatic rings. The third-order valence-electron chi connectivity index (χ3n) is 2.88. The third kappa shape index (κ3) is 3.40. The number of hydrogen-bond donors (Lipinski definition) is 3. The maximum absolute atomic E-state index is 12.0. The zero-order chi connectivity index (χ0) is 14.7. The molecule has 3 rings (SSSR count). The van der Waals surface area contributed by atoms with Gasteiger partial charge in [-0.1, -0.05) is 0 Å². The van der Waals surface area contributed by atoms with Gasteiger partial charge in [0.05, 0.1) is 20.7 Å². The first-order chi connectivity index (χ1) is 10.2. The van der Waals surface area contributed by atoms with E-state index in [0.29, 0.717) is 18.7 Å². The van der Waals surface area contributed by atoms with Crippen LogP contribution >= 0.6 is 27.3 Å². The number of hydrogen-bond acceptors (Lipinski definition) is 4. The van der Waals surface area contributed by atoms with Crippen molar-refractivity contribution < 1.29 is 4.79 Å². The summed E-state index contributed by atoms with van der Waals surface area (Å²) in [4.78, 5) is 20.0. The van der Waals surface area contributed by atoms with E-state index >= 15 is 0 Å². The number of amides is 1. The van der Waals surface area contributed by atoms with Crippen molar-refractivity contribution >= 4 is 33.2 Å². The molecule has 0 radical (unpaired) electrons. The lowest BCUT2D eigenvalue weighted by Crippen LogP contribution is -2.26. The van der Waals surface area contributed by atoms with Gasteiger partial charge in [0.2, 0.25) is 0 Å². The molecule has 0 unspecified atom stereocenters. The van der Waals surface area contributed by atoms with Crippen LogP contribution < -0.4 is 5.32 Å². The Morgan fingerprint density at radius 3 is 3.05 bits per heavy atom. The van der Waals surface area contributed by atoms with Gasteiger partial charge in [-0.3, -0.25) is 9.89 Å². The summed E-state index contributed by atoms with van der Waals surface area (Å²) in [7, 11) is 0. The zero-order valence-electron chi connectivity index (χ0n) is 10.9. The predicted octanol–water partition coefficient (Wildman–Crippen LogP) is 2.60. The molecule has 0 saturated carbocycles. The molecule has 6 nitrogen and oxygen atoms in total. The van der Waals surface area contributed by atoms with Crippen LogP contribution in [-0.4, -0.2) is 32.6 Å². The van der Waals surface area contributed by atoms with E-state index in [1.165, 1.54) is 0 Å². The number of aromatic amines is 2. The van der Waals surface area contributed by atoms with Gasteiger partial charge in [-0.2, -0.15) is 5.10 Å². The lowest BCUT2D eigenvalue weighted by atomic mass is 10.3. The topological polar surface area (TPSA) is 86.5 Å². The summed E-state index contributed by atoms with van der Waals surface area (Å²) >= 11 is 5.00. The van der Waals surface area contributed by atoms with Crippen LogP contribution in [-0.2, 0) is 6.42 Å². The molecule has 0 saturated heterocycles. The molecule has 0 atom stereocenters. The van der Waals surface area contributed by atoms with Crippen molar-refractivity contribution in [3.05, 3.63) is 45.9 Å². The molecule has 0 aliphatic heterocycles. The fraction of sp³-hybridized carbons (Fsp3) is 0.154. The zero-order valence-corrected chi connectivity index (χ0v) is 13.3. The number of aromatic nitrogens is 4. The molecule has 0 spiro atoms. The van der Waals surface area contributed by atoms with Crippen LogP contribution in [0.5, 0.6) is 0 Å². The standard InChI is InChI=1S/C13H12BrN5OS/c14-12-2-1-11(21-12)9-5-10(19-18-9)13(20)16-4-3-8-6-15-7-17-8/h1-2,5-7H,3-4H2,(H,15,17)(H,16,20)(H,18,19). The summed E-state index contributed by atoms with van der Waals surface area (Å²) in [5.74, 6) is -0.187. The molecule has 1 amide bonds. The third-order valence-corrected chi connectivity index (χ3v) is 4.54. The Morgan fingerprint density at radius 1 is 1.43 bits per heavy atom. The Balaban J connectivity index is 1.59. The minimum absolute atomic E-state index is 0.187. The van der Waals surface area contributed by atoms with E-state index in [1.54, 1.807) is 29.9 Å². The Bertz CT molecular complexity index is 733. The lowest BCUT2D eigenvalue weighted by Gasteiger charge is -2.00. The van der Waals surface area contributed by atoms with Crippen molar-refractivity contribution in [1.82, 2.24) is 25.5 Å². The molecule has 3 aromatic heterocycles. The SMILES string of the molecule is O=C(NCCc1cnc[nH]1)c1cc(-c2ccc(Br)s2)[nH]n1. The minimum atomic E-state index is -0.187. The van der Waals surface area contributed by atoms with E-state index < -0.39 is 0 Å². The molecule has 3 heterocycles. The van der Waals surface area contributed by atoms with E-state index in [1.807, 2.05) is 12.1 Å². The van der Waals surface area contributed by atoms with E-state index in [4.69, 9.17) is 0 Å². The van der Waals surface area contributed by atoms with Crippen molar-refractivity contribution in [2.75, 3.05) is 6.54 Å². The van der Waals surface area contributed by atoms with Gasteiger partial charge < -0.3 is 10.3 Å². The maximum Gasteiger partial charge on any atom is 0.271 e. The molecule has 3 aromatic rings. The average molecular weight is 366 g/mol. The van der Waals surface area contributed by atoms with E-state index in [2.05, 4.69) is 41.4 Å². The van der Waals surface area contributed by atoms with Gasteiger partial charge in [0.1, 0.15) is 0 Å². The van der Waals surface area contributed by atoms with E-state index in [-0.39, 0.29) is 5.91 Å². The molecular formula is C13H12BrN5OS. The van der Waals surface area contributed by atoms with Crippen molar-refractivity contribution in [3.8, 4) is 10.6 Å². The fourth-order valence-electron chi connectivity index (χ4n) is 1.85. The Morgan fingerprint density at radius 2 is 2.33 bits per heavy atom. The number of carbonyl (C=O) groups excluding carboxylic acids is 1. The smallest absolute Gasteiger partial charge is 0.271 e. The Hall–Kier alpha value is -1.93. The van der Waals surface area contributed by atoms with Crippen molar-refractivity contribution in [2.24, 2.45) is 0 Å². The molecule has 0 fully saturated rings. The molecule has 0 aromatic carbocycles. The van der Waals surface area contributed by atoms with Crippen molar-refractivity contribution in [2.45, 2.75) is 6.42 Å². The van der Waals surface area contributed by atoms with Crippen LogP contribution in [0.1, 0.15) is 16.2 Å². The molecule has 0 bridgehead atoms. The first-order valence-electron chi connectivity index (χ1n) is 6.29. The van der Waals surface area contributed by atoms with Gasteiger partial charge in [-0.05, 0) is 34.1 Å². The highest BCUT2D eigenvalue weighted by Crippen LogP contribution is 2.30. The summed E-state index contributed by atoms with van der Waals surface area (Å²) in [6, 6.07) is 5.69. The van der Waals surface area contributed by atoms with Crippen LogP contribution in [0.15, 0.2) is 34.5 Å². The number of nitrogens with one attached hydrogen (secondary N) is 3. The highest BCUT2D eigenvalue weighted by molar-refractivity contribution is 9.11.